The SMILES string of the molecule is CC(=O)SCC(=O)NC1CCCCCC1. The lowest BCUT2D eigenvalue weighted by Gasteiger charge is -2.15. The van der Waals surface area contributed by atoms with Gasteiger partial charge in [-0.1, -0.05) is 37.4 Å². The quantitative estimate of drug-likeness (QED) is 0.754. The maximum atomic E-state index is 11.4. The molecule has 0 atom stereocenters. The highest BCUT2D eigenvalue weighted by Gasteiger charge is 2.14. The van der Waals surface area contributed by atoms with Gasteiger partial charge in [0.1, 0.15) is 0 Å². The smallest absolute Gasteiger partial charge is 0.230 e. The Morgan fingerprint density at radius 3 is 2.33 bits per heavy atom. The third kappa shape index (κ3) is 5.82. The summed E-state index contributed by atoms with van der Waals surface area (Å²) in [6.45, 7) is 1.49. The zero-order valence-electron chi connectivity index (χ0n) is 9.25. The van der Waals surface area contributed by atoms with Crippen LogP contribution in [0.3, 0.4) is 0 Å². The lowest BCUT2D eigenvalue weighted by atomic mass is 10.1. The molecule has 3 nitrogen and oxygen atoms in total. The van der Waals surface area contributed by atoms with E-state index in [1.165, 1.54) is 32.6 Å². The highest BCUT2D eigenvalue weighted by atomic mass is 32.2. The van der Waals surface area contributed by atoms with Crippen LogP contribution < -0.4 is 5.32 Å². The molecule has 0 aromatic carbocycles. The van der Waals surface area contributed by atoms with Gasteiger partial charge in [-0.25, -0.2) is 0 Å². The van der Waals surface area contributed by atoms with Gasteiger partial charge in [0.05, 0.1) is 5.75 Å². The van der Waals surface area contributed by atoms with E-state index in [0.717, 1.165) is 24.6 Å². The van der Waals surface area contributed by atoms with Crippen LogP contribution >= 0.6 is 11.8 Å². The Hall–Kier alpha value is -0.510. The fraction of sp³-hybridized carbons (Fsp3) is 0.818. The predicted molar refractivity (Wildman–Crippen MR) is 62.8 cm³/mol. The van der Waals surface area contributed by atoms with Crippen molar-refractivity contribution in [2.24, 2.45) is 0 Å². The van der Waals surface area contributed by atoms with Crippen molar-refractivity contribution in [2.45, 2.75) is 51.5 Å². The van der Waals surface area contributed by atoms with E-state index in [1.54, 1.807) is 0 Å². The molecule has 0 aromatic heterocycles. The van der Waals surface area contributed by atoms with E-state index in [-0.39, 0.29) is 16.8 Å². The molecule has 1 fully saturated rings. The van der Waals surface area contributed by atoms with E-state index >= 15 is 0 Å². The molecule has 0 saturated heterocycles. The molecule has 0 aromatic rings. The summed E-state index contributed by atoms with van der Waals surface area (Å²) < 4.78 is 0. The van der Waals surface area contributed by atoms with Gasteiger partial charge >= 0.3 is 0 Å². The van der Waals surface area contributed by atoms with Gasteiger partial charge in [0.2, 0.25) is 5.91 Å². The number of hydrogen-bond acceptors (Lipinski definition) is 3. The van der Waals surface area contributed by atoms with Gasteiger partial charge in [-0.3, -0.25) is 9.59 Å². The number of carbonyl (C=O) groups excluding carboxylic acids is 2. The Morgan fingerprint density at radius 1 is 1.20 bits per heavy atom. The molecule has 0 spiro atoms. The van der Waals surface area contributed by atoms with E-state index in [9.17, 15) is 9.59 Å². The van der Waals surface area contributed by atoms with Crippen molar-refractivity contribution in [2.75, 3.05) is 5.75 Å². The van der Waals surface area contributed by atoms with E-state index in [4.69, 9.17) is 0 Å². The zero-order valence-corrected chi connectivity index (χ0v) is 10.1. The molecule has 4 heteroatoms. The first-order valence-electron chi connectivity index (χ1n) is 5.61. The second-order valence-electron chi connectivity index (χ2n) is 4.04. The maximum absolute atomic E-state index is 11.4. The van der Waals surface area contributed by atoms with Crippen molar-refractivity contribution in [1.29, 1.82) is 0 Å². The molecule has 1 aliphatic carbocycles. The lowest BCUT2D eigenvalue weighted by Crippen LogP contribution is -2.35. The minimum Gasteiger partial charge on any atom is -0.353 e. The van der Waals surface area contributed by atoms with Gasteiger partial charge in [-0.15, -0.1) is 0 Å². The average Bonchev–Trinajstić information content (AvgIpc) is 2.43. The van der Waals surface area contributed by atoms with Crippen LogP contribution in [0.5, 0.6) is 0 Å². The number of nitrogens with one attached hydrogen (secondary N) is 1. The Bertz CT molecular complexity index is 223. The van der Waals surface area contributed by atoms with Crippen molar-refractivity contribution in [3.05, 3.63) is 0 Å². The normalized spacial score (nSPS) is 18.2. The summed E-state index contributed by atoms with van der Waals surface area (Å²) in [5.74, 6) is 0.272. The first-order valence-corrected chi connectivity index (χ1v) is 6.60. The molecule has 0 heterocycles. The van der Waals surface area contributed by atoms with Crippen LogP contribution in [0.15, 0.2) is 0 Å². The van der Waals surface area contributed by atoms with Crippen LogP contribution in [0.2, 0.25) is 0 Å². The maximum Gasteiger partial charge on any atom is 0.230 e. The summed E-state index contributed by atoms with van der Waals surface area (Å²) in [4.78, 5) is 22.1. The third-order valence-electron chi connectivity index (χ3n) is 2.63. The summed E-state index contributed by atoms with van der Waals surface area (Å²) in [5.41, 5.74) is 0. The lowest BCUT2D eigenvalue weighted by molar-refractivity contribution is -0.119. The molecule has 1 aliphatic rings. The molecule has 0 aliphatic heterocycles. The van der Waals surface area contributed by atoms with E-state index in [1.807, 2.05) is 0 Å². The number of amides is 1. The number of rotatable bonds is 3. The van der Waals surface area contributed by atoms with Crippen LogP contribution in [-0.2, 0) is 9.59 Å². The Labute approximate surface area is 95.4 Å². The molecular weight excluding hydrogens is 210 g/mol. The second-order valence-corrected chi connectivity index (χ2v) is 5.19. The van der Waals surface area contributed by atoms with Crippen molar-refractivity contribution in [3.63, 3.8) is 0 Å². The van der Waals surface area contributed by atoms with Gasteiger partial charge < -0.3 is 5.32 Å². The minimum absolute atomic E-state index is 0.00194. The molecule has 0 radical (unpaired) electrons. The van der Waals surface area contributed by atoms with Crippen molar-refractivity contribution >= 4 is 22.8 Å². The zero-order chi connectivity index (χ0) is 11.1. The first kappa shape index (κ1) is 12.6. The van der Waals surface area contributed by atoms with Crippen LogP contribution in [0.1, 0.15) is 45.4 Å². The van der Waals surface area contributed by atoms with Gasteiger partial charge in [-0.2, -0.15) is 0 Å². The Morgan fingerprint density at radius 2 is 1.80 bits per heavy atom. The number of thioether (sulfide) groups is 1. The van der Waals surface area contributed by atoms with Gasteiger partial charge in [-0.05, 0) is 12.8 Å². The molecule has 86 valence electrons. The molecule has 1 N–H and O–H groups in total. The third-order valence-corrected chi connectivity index (χ3v) is 3.44. The summed E-state index contributed by atoms with van der Waals surface area (Å²) in [7, 11) is 0. The average molecular weight is 229 g/mol. The molecule has 1 amide bonds. The van der Waals surface area contributed by atoms with Crippen LogP contribution in [0.25, 0.3) is 0 Å². The van der Waals surface area contributed by atoms with Crippen LogP contribution in [0.4, 0.5) is 0 Å². The van der Waals surface area contributed by atoms with Crippen LogP contribution in [-0.4, -0.2) is 22.8 Å². The molecule has 15 heavy (non-hydrogen) atoms. The van der Waals surface area contributed by atoms with E-state index in [0.29, 0.717) is 6.04 Å². The molecule has 1 saturated carbocycles. The van der Waals surface area contributed by atoms with Crippen molar-refractivity contribution in [1.82, 2.24) is 5.32 Å². The van der Waals surface area contributed by atoms with Crippen LogP contribution in [0, 0.1) is 0 Å². The predicted octanol–water partition coefficient (Wildman–Crippen LogP) is 2.11. The first-order chi connectivity index (χ1) is 7.18. The second kappa shape index (κ2) is 6.88. The Balaban J connectivity index is 2.20. The summed E-state index contributed by atoms with van der Waals surface area (Å²) in [5, 5.41) is 3.01. The standard InChI is InChI=1S/C11H19NO2S/c1-9(13)15-8-11(14)12-10-6-4-2-3-5-7-10/h10H,2-8H2,1H3,(H,12,14). The fourth-order valence-electron chi connectivity index (χ4n) is 1.86. The topological polar surface area (TPSA) is 46.2 Å². The van der Waals surface area contributed by atoms with Gasteiger partial charge in [0, 0.05) is 13.0 Å². The van der Waals surface area contributed by atoms with Crippen molar-refractivity contribution in [3.8, 4) is 0 Å². The largest absolute Gasteiger partial charge is 0.353 e. The molecule has 1 rings (SSSR count). The molecule has 0 unspecified atom stereocenters. The molecular formula is C11H19NO2S. The number of hydrogen-bond donors (Lipinski definition) is 1. The van der Waals surface area contributed by atoms with Gasteiger partial charge in [0.25, 0.3) is 0 Å². The minimum atomic E-state index is 0.00194. The highest BCUT2D eigenvalue weighted by Crippen LogP contribution is 2.17. The van der Waals surface area contributed by atoms with Gasteiger partial charge in [0.15, 0.2) is 5.12 Å². The molecule has 0 bridgehead atoms. The highest BCUT2D eigenvalue weighted by molar-refractivity contribution is 8.14. The summed E-state index contributed by atoms with van der Waals surface area (Å²) in [6, 6.07) is 0.340. The monoisotopic (exact) mass is 229 g/mol. The van der Waals surface area contributed by atoms with E-state index < -0.39 is 0 Å². The Kier molecular flexibility index (Phi) is 5.76. The summed E-state index contributed by atoms with van der Waals surface area (Å²) >= 11 is 1.08. The van der Waals surface area contributed by atoms with Crippen molar-refractivity contribution < 1.29 is 9.59 Å². The fourth-order valence-corrected chi connectivity index (χ4v) is 2.28. The summed E-state index contributed by atoms with van der Waals surface area (Å²) in [6.07, 6.45) is 7.19. The number of carbonyl (C=O) groups is 2. The van der Waals surface area contributed by atoms with E-state index in [2.05, 4.69) is 5.32 Å².